The topological polar surface area (TPSA) is 24.1 Å². The van der Waals surface area contributed by atoms with E-state index in [0.29, 0.717) is 0 Å². The van der Waals surface area contributed by atoms with Crippen LogP contribution in [0.15, 0.2) is 58.8 Å². The molecule has 2 aromatic carbocycles. The summed E-state index contributed by atoms with van der Waals surface area (Å²) in [6.07, 6.45) is 0. The summed E-state index contributed by atoms with van der Waals surface area (Å²) in [5, 5.41) is 6.66. The second-order valence-electron chi connectivity index (χ2n) is 4.33. The van der Waals surface area contributed by atoms with Gasteiger partial charge in [-0.3, -0.25) is 0 Å². The lowest BCUT2D eigenvalue weighted by Gasteiger charge is -2.11. The van der Waals surface area contributed by atoms with Gasteiger partial charge in [0.15, 0.2) is 0 Å². The molecule has 0 saturated heterocycles. The van der Waals surface area contributed by atoms with Crippen molar-refractivity contribution in [1.29, 1.82) is 0 Å². The number of anilines is 2. The number of hydrogen-bond donors (Lipinski definition) is 3. The molecule has 1 aliphatic rings. The molecule has 0 fully saturated rings. The van der Waals surface area contributed by atoms with Crippen molar-refractivity contribution < 1.29 is 0 Å². The zero-order valence-corrected chi connectivity index (χ0v) is 12.0. The van der Waals surface area contributed by atoms with Crippen LogP contribution in [0.1, 0.15) is 5.56 Å². The molecule has 0 amide bonds. The van der Waals surface area contributed by atoms with E-state index in [2.05, 4.69) is 48.0 Å². The van der Waals surface area contributed by atoms with Gasteiger partial charge in [-0.2, -0.15) is 0 Å². The van der Waals surface area contributed by atoms with Crippen LogP contribution in [-0.4, -0.2) is 5.88 Å². The van der Waals surface area contributed by atoms with Crippen molar-refractivity contribution in [3.05, 3.63) is 54.6 Å². The fourth-order valence-corrected chi connectivity index (χ4v) is 2.95. The molecule has 0 aliphatic carbocycles. The number of thiol groups is 1. The first-order valence-corrected chi connectivity index (χ1v) is 7.42. The summed E-state index contributed by atoms with van der Waals surface area (Å²) in [4.78, 5) is 2.26. The third-order valence-corrected chi connectivity index (χ3v) is 4.23. The van der Waals surface area contributed by atoms with Crippen LogP contribution in [0.25, 0.3) is 5.70 Å². The van der Waals surface area contributed by atoms with Gasteiger partial charge in [0.05, 0.1) is 5.88 Å². The zero-order valence-electron chi connectivity index (χ0n) is 10.3. The SMILES string of the molecule is C=C(Nc1ccc(S)cc1)c1ccc2c(c1)NCS2. The van der Waals surface area contributed by atoms with E-state index < -0.39 is 0 Å². The van der Waals surface area contributed by atoms with E-state index in [9.17, 15) is 0 Å². The van der Waals surface area contributed by atoms with Crippen LogP contribution in [0.5, 0.6) is 0 Å². The molecule has 1 heterocycles. The van der Waals surface area contributed by atoms with E-state index in [1.165, 1.54) is 10.6 Å². The van der Waals surface area contributed by atoms with E-state index in [0.717, 1.165) is 27.7 Å². The Kier molecular flexibility index (Phi) is 3.44. The second kappa shape index (κ2) is 5.23. The highest BCUT2D eigenvalue weighted by Gasteiger charge is 2.11. The first-order chi connectivity index (χ1) is 9.22. The predicted octanol–water partition coefficient (Wildman–Crippen LogP) is 4.53. The molecule has 96 valence electrons. The van der Waals surface area contributed by atoms with Crippen molar-refractivity contribution in [3.63, 3.8) is 0 Å². The van der Waals surface area contributed by atoms with Gasteiger partial charge in [0.25, 0.3) is 0 Å². The molecule has 0 atom stereocenters. The molecular formula is C15H14N2S2. The normalized spacial score (nSPS) is 12.7. The summed E-state index contributed by atoms with van der Waals surface area (Å²) in [5.74, 6) is 0.947. The predicted molar refractivity (Wildman–Crippen MR) is 87.1 cm³/mol. The number of hydrogen-bond acceptors (Lipinski definition) is 4. The Morgan fingerprint density at radius 1 is 1.21 bits per heavy atom. The Balaban J connectivity index is 1.78. The lowest BCUT2D eigenvalue weighted by atomic mass is 10.1. The molecule has 2 nitrogen and oxygen atoms in total. The van der Waals surface area contributed by atoms with Crippen molar-refractivity contribution in [1.82, 2.24) is 0 Å². The van der Waals surface area contributed by atoms with Gasteiger partial charge in [-0.25, -0.2) is 0 Å². The van der Waals surface area contributed by atoms with Crippen molar-refractivity contribution in [3.8, 4) is 0 Å². The number of nitrogens with one attached hydrogen (secondary N) is 2. The Morgan fingerprint density at radius 3 is 2.79 bits per heavy atom. The van der Waals surface area contributed by atoms with E-state index in [1.807, 2.05) is 36.0 Å². The lowest BCUT2D eigenvalue weighted by Crippen LogP contribution is -1.98. The van der Waals surface area contributed by atoms with E-state index >= 15 is 0 Å². The number of benzene rings is 2. The second-order valence-corrected chi connectivity index (χ2v) is 5.86. The molecule has 0 bridgehead atoms. The van der Waals surface area contributed by atoms with Gasteiger partial charge >= 0.3 is 0 Å². The Morgan fingerprint density at radius 2 is 2.00 bits per heavy atom. The summed E-state index contributed by atoms with van der Waals surface area (Å²) in [6, 6.07) is 14.3. The largest absolute Gasteiger partial charge is 0.375 e. The van der Waals surface area contributed by atoms with E-state index in [-0.39, 0.29) is 0 Å². The van der Waals surface area contributed by atoms with Crippen molar-refractivity contribution in [2.24, 2.45) is 0 Å². The molecule has 3 rings (SSSR count). The van der Waals surface area contributed by atoms with Crippen molar-refractivity contribution in [2.75, 3.05) is 16.5 Å². The van der Waals surface area contributed by atoms with Crippen LogP contribution in [0, 0.1) is 0 Å². The molecule has 1 aliphatic heterocycles. The molecule has 19 heavy (non-hydrogen) atoms. The molecule has 0 spiro atoms. The quantitative estimate of drug-likeness (QED) is 0.722. The highest BCUT2D eigenvalue weighted by Crippen LogP contribution is 2.35. The van der Waals surface area contributed by atoms with Crippen LogP contribution in [0.2, 0.25) is 0 Å². The Bertz CT molecular complexity index is 621. The molecule has 0 radical (unpaired) electrons. The first kappa shape index (κ1) is 12.5. The van der Waals surface area contributed by atoms with E-state index in [1.54, 1.807) is 0 Å². The minimum Gasteiger partial charge on any atom is -0.375 e. The van der Waals surface area contributed by atoms with Crippen molar-refractivity contribution >= 4 is 41.5 Å². The third kappa shape index (κ3) is 2.74. The minimum atomic E-state index is 0.897. The summed E-state index contributed by atoms with van der Waals surface area (Å²) < 4.78 is 0. The summed E-state index contributed by atoms with van der Waals surface area (Å²) in [7, 11) is 0. The fourth-order valence-electron chi connectivity index (χ4n) is 1.96. The maximum Gasteiger partial charge on any atom is 0.0658 e. The average molecular weight is 286 g/mol. The fraction of sp³-hybridized carbons (Fsp3) is 0.0667. The maximum absolute atomic E-state index is 4.28. The minimum absolute atomic E-state index is 0.897. The monoisotopic (exact) mass is 286 g/mol. The average Bonchev–Trinajstić information content (AvgIpc) is 2.88. The number of rotatable bonds is 3. The molecular weight excluding hydrogens is 272 g/mol. The van der Waals surface area contributed by atoms with Crippen LogP contribution >= 0.6 is 24.4 Å². The van der Waals surface area contributed by atoms with Gasteiger partial charge in [-0.1, -0.05) is 12.6 Å². The molecule has 2 aromatic rings. The smallest absolute Gasteiger partial charge is 0.0658 e. The van der Waals surface area contributed by atoms with Crippen molar-refractivity contribution in [2.45, 2.75) is 9.79 Å². The first-order valence-electron chi connectivity index (χ1n) is 5.98. The summed E-state index contributed by atoms with van der Waals surface area (Å²) in [6.45, 7) is 4.10. The maximum atomic E-state index is 4.28. The van der Waals surface area contributed by atoms with E-state index in [4.69, 9.17) is 0 Å². The Hall–Kier alpha value is -1.52. The highest BCUT2D eigenvalue weighted by atomic mass is 32.2. The van der Waals surface area contributed by atoms with Crippen LogP contribution in [-0.2, 0) is 0 Å². The van der Waals surface area contributed by atoms with Gasteiger partial charge in [0.2, 0.25) is 0 Å². The number of thioether (sulfide) groups is 1. The number of fused-ring (bicyclic) bond motifs is 1. The van der Waals surface area contributed by atoms with Crippen LogP contribution in [0.4, 0.5) is 11.4 Å². The Labute approximate surface area is 122 Å². The highest BCUT2D eigenvalue weighted by molar-refractivity contribution is 7.99. The molecule has 0 saturated carbocycles. The summed E-state index contributed by atoms with van der Waals surface area (Å²) in [5.41, 5.74) is 4.21. The zero-order chi connectivity index (χ0) is 13.2. The molecule has 0 unspecified atom stereocenters. The molecule has 4 heteroatoms. The van der Waals surface area contributed by atoms with Gasteiger partial charge in [0, 0.05) is 26.9 Å². The van der Waals surface area contributed by atoms with Gasteiger partial charge in [-0.05, 0) is 42.0 Å². The molecule has 0 aromatic heterocycles. The van der Waals surface area contributed by atoms with Gasteiger partial charge in [0.1, 0.15) is 0 Å². The van der Waals surface area contributed by atoms with Crippen LogP contribution < -0.4 is 10.6 Å². The lowest BCUT2D eigenvalue weighted by molar-refractivity contribution is 1.40. The summed E-state index contributed by atoms with van der Waals surface area (Å²) >= 11 is 6.10. The molecule has 2 N–H and O–H groups in total. The standard InChI is InChI=1S/C15H14N2S2/c1-10(17-12-3-5-13(18)6-4-12)11-2-7-15-14(8-11)16-9-19-15/h2-8,16-18H,1,9H2. The van der Waals surface area contributed by atoms with Gasteiger partial charge < -0.3 is 10.6 Å². The third-order valence-electron chi connectivity index (χ3n) is 2.98. The van der Waals surface area contributed by atoms with Gasteiger partial charge in [-0.15, -0.1) is 24.4 Å². The van der Waals surface area contributed by atoms with Crippen LogP contribution in [0.3, 0.4) is 0 Å².